The molecule has 1 spiro atoms. The van der Waals surface area contributed by atoms with Gasteiger partial charge in [-0.3, -0.25) is 14.6 Å². The predicted molar refractivity (Wildman–Crippen MR) is 138 cm³/mol. The highest BCUT2D eigenvalue weighted by atomic mass is 35.5. The van der Waals surface area contributed by atoms with E-state index in [1.54, 1.807) is 19.2 Å². The quantitative estimate of drug-likeness (QED) is 0.580. The molecule has 1 aromatic heterocycles. The van der Waals surface area contributed by atoms with Crippen LogP contribution in [0.25, 0.3) is 0 Å². The van der Waals surface area contributed by atoms with E-state index in [4.69, 9.17) is 26.1 Å². The number of fused-ring (bicyclic) bond motifs is 3. The molecule has 1 fully saturated rings. The van der Waals surface area contributed by atoms with E-state index in [1.807, 2.05) is 16.8 Å². The molecule has 1 amide bonds. The summed E-state index contributed by atoms with van der Waals surface area (Å²) >= 11 is 6.72. The van der Waals surface area contributed by atoms with Crippen LogP contribution in [-0.4, -0.2) is 74.2 Å². The summed E-state index contributed by atoms with van der Waals surface area (Å²) in [5, 5.41) is 11.1. The molecule has 0 bridgehead atoms. The van der Waals surface area contributed by atoms with Gasteiger partial charge in [0.15, 0.2) is 5.79 Å². The number of H-pyrrole nitrogens is 1. The van der Waals surface area contributed by atoms with Gasteiger partial charge in [0.2, 0.25) is 11.9 Å². The Kier molecular flexibility index (Phi) is 6.17. The van der Waals surface area contributed by atoms with E-state index >= 15 is 0 Å². The zero-order valence-corrected chi connectivity index (χ0v) is 21.8. The Morgan fingerprint density at radius 3 is 2.61 bits per heavy atom. The Morgan fingerprint density at radius 1 is 1.22 bits per heavy atom. The fourth-order valence-corrected chi connectivity index (χ4v) is 6.07. The number of carbonyl (C=O) groups is 1. The molecule has 4 heterocycles. The smallest absolute Gasteiger partial charge is 0.257 e. The van der Waals surface area contributed by atoms with Gasteiger partial charge >= 0.3 is 0 Å². The number of carbonyl (C=O) groups excluding carboxylic acids is 1. The van der Waals surface area contributed by atoms with E-state index < -0.39 is 11.2 Å². The van der Waals surface area contributed by atoms with Crippen molar-refractivity contribution in [3.63, 3.8) is 0 Å². The number of β-amino-alcohol motifs (C(OH)–C–C–N with tert-alkyl or cyclic N) is 1. The molecule has 194 valence electrons. The molecule has 0 saturated carbocycles. The van der Waals surface area contributed by atoms with Crippen molar-refractivity contribution in [2.24, 2.45) is 0 Å². The standard InChI is InChI=1S/C25H32ClN5O5/c1-24(34,36-4)14-31-19-17(35-3)8-7-16(26)18(19)25(22(31)33)9-12-30(13-10-25)23-27-20-15(21(32)28-23)6-5-11-29(20)2/h7-8,34H,5-6,9-14H2,1-4H3,(H,27,28,32). The van der Waals surface area contributed by atoms with Gasteiger partial charge in [-0.05, 0) is 44.7 Å². The molecule has 0 radical (unpaired) electrons. The zero-order valence-electron chi connectivity index (χ0n) is 21.1. The summed E-state index contributed by atoms with van der Waals surface area (Å²) in [5.41, 5.74) is 1.02. The minimum atomic E-state index is -1.55. The molecule has 5 rings (SSSR count). The molecule has 36 heavy (non-hydrogen) atoms. The first-order chi connectivity index (χ1) is 17.1. The lowest BCUT2D eigenvalue weighted by atomic mass is 9.73. The molecule has 0 aliphatic carbocycles. The van der Waals surface area contributed by atoms with Gasteiger partial charge in [0.25, 0.3) is 5.56 Å². The average molecular weight is 518 g/mol. The van der Waals surface area contributed by atoms with Crippen LogP contribution in [0, 0.1) is 0 Å². The Labute approximate surface area is 214 Å². The Morgan fingerprint density at radius 2 is 1.94 bits per heavy atom. The van der Waals surface area contributed by atoms with Crippen LogP contribution >= 0.6 is 11.6 Å². The van der Waals surface area contributed by atoms with E-state index in [0.717, 1.165) is 30.8 Å². The molecule has 1 atom stereocenters. The summed E-state index contributed by atoms with van der Waals surface area (Å²) in [5.74, 6) is 0.0582. The molecular formula is C25H32ClN5O5. The second-order valence-corrected chi connectivity index (χ2v) is 10.4. The van der Waals surface area contributed by atoms with Crippen LogP contribution < -0.4 is 25.0 Å². The highest BCUT2D eigenvalue weighted by Crippen LogP contribution is 2.54. The summed E-state index contributed by atoms with van der Waals surface area (Å²) < 4.78 is 10.8. The molecular weight excluding hydrogens is 486 g/mol. The maximum atomic E-state index is 14.0. The Hall–Kier alpha value is -2.82. The lowest BCUT2D eigenvalue weighted by Gasteiger charge is -2.39. The fraction of sp³-hybridized carbons (Fsp3) is 0.560. The minimum absolute atomic E-state index is 0.0659. The third-order valence-electron chi connectivity index (χ3n) is 7.78. The van der Waals surface area contributed by atoms with Gasteiger partial charge in [-0.2, -0.15) is 4.98 Å². The highest BCUT2D eigenvalue weighted by molar-refractivity contribution is 6.33. The Bertz CT molecular complexity index is 1250. The molecule has 1 saturated heterocycles. The molecule has 1 aromatic carbocycles. The first-order valence-corrected chi connectivity index (χ1v) is 12.6. The molecule has 3 aliphatic heterocycles. The topological polar surface area (TPSA) is 111 Å². The monoisotopic (exact) mass is 517 g/mol. The Balaban J connectivity index is 1.50. The van der Waals surface area contributed by atoms with Crippen molar-refractivity contribution in [3.05, 3.63) is 38.6 Å². The first kappa shape index (κ1) is 24.9. The molecule has 11 heteroatoms. The number of hydrogen-bond donors (Lipinski definition) is 2. The van der Waals surface area contributed by atoms with Crippen LogP contribution in [-0.2, 0) is 21.4 Å². The van der Waals surface area contributed by atoms with Crippen LogP contribution in [0.4, 0.5) is 17.5 Å². The summed E-state index contributed by atoms with van der Waals surface area (Å²) in [4.78, 5) is 40.1. The molecule has 10 nitrogen and oxygen atoms in total. The maximum absolute atomic E-state index is 14.0. The van der Waals surface area contributed by atoms with Crippen molar-refractivity contribution < 1.29 is 19.4 Å². The van der Waals surface area contributed by atoms with Gasteiger partial charge in [0.1, 0.15) is 11.6 Å². The van der Waals surface area contributed by atoms with Crippen molar-refractivity contribution in [1.82, 2.24) is 9.97 Å². The number of rotatable bonds is 5. The number of anilines is 3. The van der Waals surface area contributed by atoms with Gasteiger partial charge in [-0.25, -0.2) is 0 Å². The maximum Gasteiger partial charge on any atom is 0.257 e. The predicted octanol–water partition coefficient (Wildman–Crippen LogP) is 2.05. The highest BCUT2D eigenvalue weighted by Gasteiger charge is 2.55. The number of piperidine rings is 1. The number of aliphatic hydroxyl groups is 1. The second kappa shape index (κ2) is 8.93. The van der Waals surface area contributed by atoms with Crippen molar-refractivity contribution in [2.45, 2.75) is 43.8 Å². The van der Waals surface area contributed by atoms with E-state index in [2.05, 4.69) is 4.98 Å². The van der Waals surface area contributed by atoms with Gasteiger partial charge in [-0.15, -0.1) is 0 Å². The van der Waals surface area contributed by atoms with Crippen molar-refractivity contribution >= 4 is 35.0 Å². The number of hydrogen-bond acceptors (Lipinski definition) is 8. The van der Waals surface area contributed by atoms with E-state index in [9.17, 15) is 14.7 Å². The minimum Gasteiger partial charge on any atom is -0.495 e. The number of aromatic nitrogens is 2. The summed E-state index contributed by atoms with van der Waals surface area (Å²) in [6, 6.07) is 3.48. The number of halogens is 1. The lowest BCUT2D eigenvalue weighted by molar-refractivity contribution is -0.165. The van der Waals surface area contributed by atoms with Crippen LogP contribution in [0.5, 0.6) is 5.75 Å². The van der Waals surface area contributed by atoms with Crippen molar-refractivity contribution in [3.8, 4) is 5.75 Å². The lowest BCUT2D eigenvalue weighted by Crippen LogP contribution is -2.52. The normalized spacial score (nSPS) is 20.4. The van der Waals surface area contributed by atoms with Crippen LogP contribution in [0.3, 0.4) is 0 Å². The second-order valence-electron chi connectivity index (χ2n) is 10.0. The molecule has 1 unspecified atom stereocenters. The summed E-state index contributed by atoms with van der Waals surface area (Å²) in [7, 11) is 4.89. The molecule has 3 aliphatic rings. The van der Waals surface area contributed by atoms with Gasteiger partial charge in [0, 0.05) is 44.4 Å². The van der Waals surface area contributed by atoms with Crippen molar-refractivity contribution in [1.29, 1.82) is 0 Å². The van der Waals surface area contributed by atoms with Gasteiger partial charge in [-0.1, -0.05) is 11.6 Å². The van der Waals surface area contributed by atoms with Crippen LogP contribution in [0.15, 0.2) is 16.9 Å². The SMILES string of the molecule is COc1ccc(Cl)c2c1N(CC(C)(O)OC)C(=O)C21CCN(c2nc3c(c(=O)[nH]2)CCCN3C)CC1. The van der Waals surface area contributed by atoms with Crippen molar-refractivity contribution in [2.75, 3.05) is 62.1 Å². The third-order valence-corrected chi connectivity index (χ3v) is 8.10. The first-order valence-electron chi connectivity index (χ1n) is 12.2. The van der Waals surface area contributed by atoms with Crippen LogP contribution in [0.2, 0.25) is 5.02 Å². The number of nitrogens with one attached hydrogen (secondary N) is 1. The average Bonchev–Trinajstić information content (AvgIpc) is 3.09. The van der Waals surface area contributed by atoms with E-state index in [1.165, 1.54) is 18.9 Å². The molecule has 2 aromatic rings. The number of aromatic amines is 1. The zero-order chi connectivity index (χ0) is 25.8. The number of ether oxygens (including phenoxy) is 2. The number of amides is 1. The number of benzene rings is 1. The third kappa shape index (κ3) is 3.82. The fourth-order valence-electron chi connectivity index (χ4n) is 5.74. The van der Waals surface area contributed by atoms with Gasteiger partial charge < -0.3 is 29.3 Å². The molecule has 2 N–H and O–H groups in total. The van der Waals surface area contributed by atoms with E-state index in [-0.39, 0.29) is 18.0 Å². The summed E-state index contributed by atoms with van der Waals surface area (Å²) in [6.45, 7) is 3.30. The number of nitrogens with zero attached hydrogens (tertiary/aromatic N) is 4. The van der Waals surface area contributed by atoms with E-state index in [0.29, 0.717) is 53.9 Å². The summed E-state index contributed by atoms with van der Waals surface area (Å²) in [6.07, 6.45) is 2.58. The van der Waals surface area contributed by atoms with Gasteiger partial charge in [0.05, 0.1) is 30.3 Å². The largest absolute Gasteiger partial charge is 0.495 e. The number of methoxy groups -OCH3 is 2. The van der Waals surface area contributed by atoms with Crippen LogP contribution in [0.1, 0.15) is 37.3 Å².